The van der Waals surface area contributed by atoms with Crippen molar-refractivity contribution in [2.45, 2.75) is 5.41 Å². The topological polar surface area (TPSA) is 16.4 Å². The molecule has 1 unspecified atom stereocenters. The second-order valence-corrected chi connectivity index (χ2v) is 17.6. The first-order chi connectivity index (χ1) is 33.2. The van der Waals surface area contributed by atoms with Gasteiger partial charge in [-0.15, -0.1) is 0 Å². The SMILES string of the molecule is c1ccc(-c2ccc3c(c2)C(c2ccccc2)(c2cccc(N(c4ccccc4-c4ccc5ccccc5c4)c4cccc5oc6ccc(-c7ccccc7)cc6c45)c2)c2ccccc2-3)cc1. The van der Waals surface area contributed by atoms with Gasteiger partial charge in [-0.05, 0) is 127 Å². The molecule has 67 heavy (non-hydrogen) atoms. The van der Waals surface area contributed by atoms with Gasteiger partial charge in [0.15, 0.2) is 0 Å². The first-order valence-corrected chi connectivity index (χ1v) is 23.1. The van der Waals surface area contributed by atoms with Crippen molar-refractivity contribution in [3.05, 3.63) is 283 Å². The molecule has 2 nitrogen and oxygen atoms in total. The maximum atomic E-state index is 6.75. The lowest BCUT2D eigenvalue weighted by molar-refractivity contribution is 0.669. The number of hydrogen-bond acceptors (Lipinski definition) is 2. The smallest absolute Gasteiger partial charge is 0.137 e. The Labute approximate surface area is 390 Å². The fourth-order valence-corrected chi connectivity index (χ4v) is 10.9. The van der Waals surface area contributed by atoms with Gasteiger partial charge >= 0.3 is 0 Å². The second-order valence-electron chi connectivity index (χ2n) is 17.6. The van der Waals surface area contributed by atoms with E-state index in [-0.39, 0.29) is 0 Å². The number of benzene rings is 11. The molecule has 1 aliphatic rings. The summed E-state index contributed by atoms with van der Waals surface area (Å²) in [5.74, 6) is 0. The number of anilines is 3. The van der Waals surface area contributed by atoms with Crippen LogP contribution in [0, 0.1) is 0 Å². The van der Waals surface area contributed by atoms with Crippen molar-refractivity contribution in [2.24, 2.45) is 0 Å². The summed E-state index contributed by atoms with van der Waals surface area (Å²) in [6, 6.07) is 95.3. The van der Waals surface area contributed by atoms with Gasteiger partial charge in [-0.1, -0.05) is 206 Å². The quantitative estimate of drug-likeness (QED) is 0.151. The molecule has 0 fully saturated rings. The molecule has 314 valence electrons. The Morgan fingerprint density at radius 2 is 0.910 bits per heavy atom. The molecule has 0 N–H and O–H groups in total. The third-order valence-electron chi connectivity index (χ3n) is 13.9. The number of para-hydroxylation sites is 1. The van der Waals surface area contributed by atoms with Crippen LogP contribution < -0.4 is 4.90 Å². The van der Waals surface area contributed by atoms with E-state index < -0.39 is 5.41 Å². The van der Waals surface area contributed by atoms with Crippen LogP contribution in [0.2, 0.25) is 0 Å². The Morgan fingerprint density at radius 3 is 1.72 bits per heavy atom. The average molecular weight is 854 g/mol. The third-order valence-corrected chi connectivity index (χ3v) is 13.9. The van der Waals surface area contributed by atoms with Crippen LogP contribution in [0.25, 0.3) is 77.2 Å². The summed E-state index contributed by atoms with van der Waals surface area (Å²) >= 11 is 0. The molecule has 1 aromatic heterocycles. The molecule has 0 aliphatic heterocycles. The molecule has 0 saturated carbocycles. The van der Waals surface area contributed by atoms with E-state index in [2.05, 4.69) is 266 Å². The molecule has 0 radical (unpaired) electrons. The van der Waals surface area contributed by atoms with Gasteiger partial charge in [0.25, 0.3) is 0 Å². The molecule has 0 bridgehead atoms. The fraction of sp³-hybridized carbons (Fsp3) is 0.0154. The molecule has 12 aromatic rings. The zero-order valence-corrected chi connectivity index (χ0v) is 36.7. The van der Waals surface area contributed by atoms with E-state index in [9.17, 15) is 0 Å². The van der Waals surface area contributed by atoms with Crippen LogP contribution in [-0.2, 0) is 5.41 Å². The maximum absolute atomic E-state index is 6.75. The fourth-order valence-electron chi connectivity index (χ4n) is 10.9. The lowest BCUT2D eigenvalue weighted by Gasteiger charge is -2.35. The number of fused-ring (bicyclic) bond motifs is 7. The first-order valence-electron chi connectivity index (χ1n) is 23.1. The van der Waals surface area contributed by atoms with Gasteiger partial charge in [0.1, 0.15) is 11.2 Å². The molecule has 11 aromatic carbocycles. The lowest BCUT2D eigenvalue weighted by Crippen LogP contribution is -2.29. The van der Waals surface area contributed by atoms with Gasteiger partial charge in [-0.2, -0.15) is 0 Å². The van der Waals surface area contributed by atoms with Crippen LogP contribution >= 0.6 is 0 Å². The van der Waals surface area contributed by atoms with Gasteiger partial charge in [0.05, 0.1) is 22.2 Å². The molecule has 13 rings (SSSR count). The van der Waals surface area contributed by atoms with E-state index in [1.165, 1.54) is 60.8 Å². The van der Waals surface area contributed by atoms with Crippen molar-refractivity contribution < 1.29 is 4.42 Å². The second kappa shape index (κ2) is 15.8. The molecular formula is C65H43NO. The summed E-state index contributed by atoms with van der Waals surface area (Å²) < 4.78 is 6.75. The van der Waals surface area contributed by atoms with E-state index in [1.54, 1.807) is 0 Å². The van der Waals surface area contributed by atoms with Crippen molar-refractivity contribution in [3.63, 3.8) is 0 Å². The highest BCUT2D eigenvalue weighted by Crippen LogP contribution is 2.58. The Kier molecular flexibility index (Phi) is 9.11. The van der Waals surface area contributed by atoms with Crippen LogP contribution in [0.5, 0.6) is 0 Å². The van der Waals surface area contributed by atoms with Crippen molar-refractivity contribution in [3.8, 4) is 44.5 Å². The third kappa shape index (κ3) is 6.26. The van der Waals surface area contributed by atoms with Gasteiger partial charge in [-0.3, -0.25) is 0 Å². The Bertz CT molecular complexity index is 3810. The summed E-state index contributed by atoms with van der Waals surface area (Å²) in [5, 5.41) is 4.56. The number of rotatable bonds is 8. The lowest BCUT2D eigenvalue weighted by atomic mass is 9.67. The van der Waals surface area contributed by atoms with Gasteiger partial charge in [0, 0.05) is 16.6 Å². The highest BCUT2D eigenvalue weighted by molar-refractivity contribution is 6.15. The number of furan rings is 1. The number of hydrogen-bond donors (Lipinski definition) is 0. The highest BCUT2D eigenvalue weighted by atomic mass is 16.3. The molecule has 1 heterocycles. The van der Waals surface area contributed by atoms with E-state index >= 15 is 0 Å². The average Bonchev–Trinajstić information content (AvgIpc) is 3.93. The summed E-state index contributed by atoms with van der Waals surface area (Å²) in [6.07, 6.45) is 0. The van der Waals surface area contributed by atoms with Crippen LogP contribution in [0.4, 0.5) is 17.1 Å². The predicted molar refractivity (Wildman–Crippen MR) is 280 cm³/mol. The first kappa shape index (κ1) is 38.7. The zero-order valence-electron chi connectivity index (χ0n) is 36.7. The molecule has 0 saturated heterocycles. The molecule has 0 amide bonds. The summed E-state index contributed by atoms with van der Waals surface area (Å²) in [7, 11) is 0. The summed E-state index contributed by atoms with van der Waals surface area (Å²) in [5.41, 5.74) is 18.7. The van der Waals surface area contributed by atoms with E-state index in [0.29, 0.717) is 0 Å². The van der Waals surface area contributed by atoms with Gasteiger partial charge in [-0.25, -0.2) is 0 Å². The monoisotopic (exact) mass is 853 g/mol. The Morgan fingerprint density at radius 1 is 0.313 bits per heavy atom. The van der Waals surface area contributed by atoms with Crippen LogP contribution in [0.15, 0.2) is 265 Å². The van der Waals surface area contributed by atoms with E-state index in [4.69, 9.17) is 4.42 Å². The highest BCUT2D eigenvalue weighted by Gasteiger charge is 2.46. The van der Waals surface area contributed by atoms with E-state index in [0.717, 1.165) is 55.7 Å². The van der Waals surface area contributed by atoms with Gasteiger partial charge in [0.2, 0.25) is 0 Å². The largest absolute Gasteiger partial charge is 0.456 e. The van der Waals surface area contributed by atoms with Crippen LogP contribution in [-0.4, -0.2) is 0 Å². The van der Waals surface area contributed by atoms with Crippen molar-refractivity contribution in [1.82, 2.24) is 0 Å². The Hall–Kier alpha value is -8.72. The minimum atomic E-state index is -0.629. The summed E-state index contributed by atoms with van der Waals surface area (Å²) in [6.45, 7) is 0. The van der Waals surface area contributed by atoms with E-state index in [1.807, 2.05) is 0 Å². The standard InChI is InChI=1S/C65H43NO/c1-4-18-44(19-5-1)48-37-39-62-57(41-48)64-61(32-17-33-63(64)67-62)66(60-31-15-13-28-54(60)50-35-34-46-22-10-11-23-47(46)40-50)53-27-16-26-52(43-53)65(51-24-8-3-9-25-51)58-30-14-12-29-55(58)56-38-36-49(42-59(56)65)45-20-6-2-7-21-45/h1-43H. The van der Waals surface area contributed by atoms with Gasteiger partial charge < -0.3 is 9.32 Å². The minimum absolute atomic E-state index is 0.629. The predicted octanol–water partition coefficient (Wildman–Crippen LogP) is 17.6. The van der Waals surface area contributed by atoms with Crippen molar-refractivity contribution in [1.29, 1.82) is 0 Å². The molecule has 0 spiro atoms. The van der Waals surface area contributed by atoms with Crippen molar-refractivity contribution >= 4 is 49.8 Å². The number of nitrogens with zero attached hydrogens (tertiary/aromatic N) is 1. The molecule has 1 aliphatic carbocycles. The Balaban J connectivity index is 1.10. The van der Waals surface area contributed by atoms with Crippen LogP contribution in [0.1, 0.15) is 22.3 Å². The summed E-state index contributed by atoms with van der Waals surface area (Å²) in [4.78, 5) is 2.47. The van der Waals surface area contributed by atoms with Crippen LogP contribution in [0.3, 0.4) is 0 Å². The molecule has 1 atom stereocenters. The van der Waals surface area contributed by atoms with Crippen molar-refractivity contribution in [2.75, 3.05) is 4.90 Å². The zero-order chi connectivity index (χ0) is 44.3. The molecular weight excluding hydrogens is 811 g/mol. The maximum Gasteiger partial charge on any atom is 0.137 e. The minimum Gasteiger partial charge on any atom is -0.456 e. The normalized spacial score (nSPS) is 14.0. The molecule has 2 heteroatoms.